The van der Waals surface area contributed by atoms with Crippen molar-refractivity contribution in [3.63, 3.8) is 0 Å². The average molecular weight is 277 g/mol. The maximum atomic E-state index is 9.87. The van der Waals surface area contributed by atoms with Gasteiger partial charge in [-0.3, -0.25) is 4.40 Å². The van der Waals surface area contributed by atoms with E-state index in [1.807, 2.05) is 53.9 Å². The Balaban J connectivity index is 2.14. The Kier molecular flexibility index (Phi) is 2.59. The first-order valence-corrected chi connectivity index (χ1v) is 6.92. The minimum atomic E-state index is -0.0423. The maximum absolute atomic E-state index is 9.87. The van der Waals surface area contributed by atoms with Gasteiger partial charge in [-0.05, 0) is 12.1 Å². The summed E-state index contributed by atoms with van der Waals surface area (Å²) in [6.45, 7) is -0.0423. The van der Waals surface area contributed by atoms with Crippen LogP contribution in [0, 0.1) is 0 Å². The van der Waals surface area contributed by atoms with Crippen molar-refractivity contribution in [2.24, 2.45) is 7.05 Å². The highest BCUT2D eigenvalue weighted by molar-refractivity contribution is 5.83. The van der Waals surface area contributed by atoms with Crippen LogP contribution in [0.2, 0.25) is 0 Å². The number of aromatic nitrogens is 3. The van der Waals surface area contributed by atoms with Crippen LogP contribution >= 0.6 is 0 Å². The molecule has 0 atom stereocenters. The number of benzene rings is 2. The summed E-state index contributed by atoms with van der Waals surface area (Å²) in [6, 6.07) is 18.1. The van der Waals surface area contributed by atoms with Crippen LogP contribution in [0.3, 0.4) is 0 Å². The Morgan fingerprint density at radius 2 is 1.62 bits per heavy atom. The van der Waals surface area contributed by atoms with Crippen molar-refractivity contribution in [3.8, 4) is 11.3 Å². The van der Waals surface area contributed by atoms with Gasteiger partial charge >= 0.3 is 0 Å². The molecule has 0 saturated heterocycles. The summed E-state index contributed by atoms with van der Waals surface area (Å²) in [7, 11) is 2.00. The smallest absolute Gasteiger partial charge is 0.215 e. The first-order chi connectivity index (χ1) is 10.3. The van der Waals surface area contributed by atoms with Crippen LogP contribution in [0.15, 0.2) is 54.6 Å². The van der Waals surface area contributed by atoms with Crippen molar-refractivity contribution in [2.75, 3.05) is 0 Å². The van der Waals surface area contributed by atoms with Crippen LogP contribution in [0.1, 0.15) is 5.69 Å². The van der Waals surface area contributed by atoms with Crippen molar-refractivity contribution in [1.29, 1.82) is 0 Å². The molecule has 0 aliphatic heterocycles. The second-order valence-corrected chi connectivity index (χ2v) is 5.11. The van der Waals surface area contributed by atoms with E-state index in [9.17, 15) is 5.11 Å². The van der Waals surface area contributed by atoms with Crippen molar-refractivity contribution in [3.05, 3.63) is 60.3 Å². The van der Waals surface area contributed by atoms with Crippen LogP contribution < -0.4 is 0 Å². The molecule has 104 valence electrons. The van der Waals surface area contributed by atoms with Crippen LogP contribution in [-0.4, -0.2) is 19.1 Å². The number of aliphatic hydroxyl groups is 1. The molecule has 0 fully saturated rings. The number of aryl methyl sites for hydroxylation is 1. The van der Waals surface area contributed by atoms with Gasteiger partial charge in [-0.15, -0.1) is 0 Å². The number of imidazole rings is 2. The van der Waals surface area contributed by atoms with E-state index in [4.69, 9.17) is 4.98 Å². The van der Waals surface area contributed by atoms with E-state index >= 15 is 0 Å². The van der Waals surface area contributed by atoms with Gasteiger partial charge in [-0.2, -0.15) is 0 Å². The number of aliphatic hydroxyl groups excluding tert-OH is 1. The standard InChI is InChI=1S/C17H15N3O/c1-19-13-9-5-6-10-14(13)20-15(11-21)16(18-17(19)20)12-7-3-2-4-8-12/h2-10,21H,11H2,1H3. The summed E-state index contributed by atoms with van der Waals surface area (Å²) >= 11 is 0. The highest BCUT2D eigenvalue weighted by atomic mass is 16.3. The summed E-state index contributed by atoms with van der Waals surface area (Å²) in [6.07, 6.45) is 0. The third kappa shape index (κ3) is 1.63. The fourth-order valence-electron chi connectivity index (χ4n) is 2.94. The molecule has 2 aromatic heterocycles. The topological polar surface area (TPSA) is 42.5 Å². The summed E-state index contributed by atoms with van der Waals surface area (Å²) in [4.78, 5) is 4.76. The summed E-state index contributed by atoms with van der Waals surface area (Å²) in [5.74, 6) is 0.846. The van der Waals surface area contributed by atoms with E-state index in [1.54, 1.807) is 0 Å². The molecule has 2 aromatic carbocycles. The van der Waals surface area contributed by atoms with Crippen molar-refractivity contribution in [1.82, 2.24) is 14.0 Å². The molecule has 4 heteroatoms. The van der Waals surface area contributed by atoms with Gasteiger partial charge in [0.2, 0.25) is 5.78 Å². The maximum Gasteiger partial charge on any atom is 0.215 e. The van der Waals surface area contributed by atoms with Gasteiger partial charge in [0.15, 0.2) is 0 Å². The lowest BCUT2D eigenvalue weighted by Crippen LogP contribution is -1.93. The minimum absolute atomic E-state index is 0.0423. The first kappa shape index (κ1) is 12.2. The number of rotatable bonds is 2. The Bertz CT molecular complexity index is 935. The zero-order chi connectivity index (χ0) is 14.4. The van der Waals surface area contributed by atoms with Gasteiger partial charge in [0.25, 0.3) is 0 Å². The summed E-state index contributed by atoms with van der Waals surface area (Å²) < 4.78 is 4.10. The molecule has 2 heterocycles. The predicted molar refractivity (Wildman–Crippen MR) is 83.0 cm³/mol. The molecule has 0 radical (unpaired) electrons. The molecule has 4 nitrogen and oxygen atoms in total. The van der Waals surface area contributed by atoms with Gasteiger partial charge in [0.05, 0.1) is 29.0 Å². The molecule has 21 heavy (non-hydrogen) atoms. The fourth-order valence-corrected chi connectivity index (χ4v) is 2.94. The monoisotopic (exact) mass is 277 g/mol. The largest absolute Gasteiger partial charge is 0.390 e. The van der Waals surface area contributed by atoms with Gasteiger partial charge < -0.3 is 9.67 Å². The Morgan fingerprint density at radius 3 is 2.33 bits per heavy atom. The third-order valence-electron chi connectivity index (χ3n) is 3.94. The first-order valence-electron chi connectivity index (χ1n) is 6.92. The number of nitrogens with zero attached hydrogens (tertiary/aromatic N) is 3. The van der Waals surface area contributed by atoms with E-state index in [0.717, 1.165) is 33.8 Å². The predicted octanol–water partition coefficient (Wildman–Crippen LogP) is 2.99. The van der Waals surface area contributed by atoms with Gasteiger partial charge in [-0.1, -0.05) is 42.5 Å². The van der Waals surface area contributed by atoms with Gasteiger partial charge in [0.1, 0.15) is 0 Å². The molecule has 0 spiro atoms. The zero-order valence-electron chi connectivity index (χ0n) is 11.7. The summed E-state index contributed by atoms with van der Waals surface area (Å²) in [5, 5.41) is 9.87. The third-order valence-corrected chi connectivity index (χ3v) is 3.94. The number of fused-ring (bicyclic) bond motifs is 3. The molecule has 0 amide bonds. The molecule has 4 aromatic rings. The van der Waals surface area contributed by atoms with Crippen molar-refractivity contribution >= 4 is 16.8 Å². The number of hydrogen-bond acceptors (Lipinski definition) is 2. The van der Waals surface area contributed by atoms with Crippen LogP contribution in [-0.2, 0) is 13.7 Å². The van der Waals surface area contributed by atoms with Crippen molar-refractivity contribution < 1.29 is 5.11 Å². The quantitative estimate of drug-likeness (QED) is 0.612. The highest BCUT2D eigenvalue weighted by Gasteiger charge is 2.18. The lowest BCUT2D eigenvalue weighted by Gasteiger charge is -2.02. The van der Waals surface area contributed by atoms with Crippen LogP contribution in [0.4, 0.5) is 0 Å². The molecule has 0 saturated carbocycles. The van der Waals surface area contributed by atoms with Crippen LogP contribution in [0.25, 0.3) is 28.1 Å². The number of para-hydroxylation sites is 2. The normalized spacial score (nSPS) is 11.5. The Labute approximate surface area is 121 Å². The molecule has 0 aliphatic carbocycles. The highest BCUT2D eigenvalue weighted by Crippen LogP contribution is 2.29. The van der Waals surface area contributed by atoms with E-state index < -0.39 is 0 Å². The van der Waals surface area contributed by atoms with Gasteiger partial charge in [0, 0.05) is 12.6 Å². The molecule has 0 aliphatic rings. The molecule has 1 N–H and O–H groups in total. The Morgan fingerprint density at radius 1 is 0.952 bits per heavy atom. The molecular weight excluding hydrogens is 262 g/mol. The fraction of sp³-hybridized carbons (Fsp3) is 0.118. The van der Waals surface area contributed by atoms with E-state index in [1.165, 1.54) is 0 Å². The summed E-state index contributed by atoms with van der Waals surface area (Å²) in [5.41, 5.74) is 4.86. The second kappa shape index (κ2) is 4.46. The van der Waals surface area contributed by atoms with Crippen molar-refractivity contribution in [2.45, 2.75) is 6.61 Å². The Hall–Kier alpha value is -2.59. The molecular formula is C17H15N3O. The van der Waals surface area contributed by atoms with E-state index in [0.29, 0.717) is 0 Å². The molecule has 4 rings (SSSR count). The SMILES string of the molecule is Cn1c2ccccc2n2c(CO)c(-c3ccccc3)nc12. The van der Waals surface area contributed by atoms with Gasteiger partial charge in [-0.25, -0.2) is 4.98 Å². The number of hydrogen-bond donors (Lipinski definition) is 1. The average Bonchev–Trinajstić information content (AvgIpc) is 3.05. The zero-order valence-corrected chi connectivity index (χ0v) is 11.7. The van der Waals surface area contributed by atoms with E-state index in [2.05, 4.69) is 16.7 Å². The lowest BCUT2D eigenvalue weighted by molar-refractivity contribution is 0.277. The second-order valence-electron chi connectivity index (χ2n) is 5.11. The van der Waals surface area contributed by atoms with Crippen LogP contribution in [0.5, 0.6) is 0 Å². The molecule has 0 bridgehead atoms. The lowest BCUT2D eigenvalue weighted by atomic mass is 10.1. The molecule has 0 unspecified atom stereocenters. The van der Waals surface area contributed by atoms with E-state index in [-0.39, 0.29) is 6.61 Å². The minimum Gasteiger partial charge on any atom is -0.390 e.